The van der Waals surface area contributed by atoms with Crippen molar-refractivity contribution < 1.29 is 44.2 Å². The molecule has 12 atom stereocenters. The van der Waals surface area contributed by atoms with Gasteiger partial charge in [-0.3, -0.25) is 14.5 Å². The average Bonchev–Trinajstić information content (AvgIpc) is 3.50. The van der Waals surface area contributed by atoms with Gasteiger partial charge in [-0.25, -0.2) is 0 Å². The van der Waals surface area contributed by atoms with E-state index in [0.717, 1.165) is 18.7 Å². The maximum Gasteiger partial charge on any atom is 0.308 e. The second-order valence-electron chi connectivity index (χ2n) is 15.0. The van der Waals surface area contributed by atoms with Crippen molar-refractivity contribution in [2.24, 2.45) is 23.7 Å². The number of likely N-dealkylation sites (N-methyl/N-ethyl adjacent to an activating group) is 1. The molecule has 11 nitrogen and oxygen atoms in total. The topological polar surface area (TPSA) is 149 Å². The van der Waals surface area contributed by atoms with Crippen LogP contribution in [0, 0.1) is 23.7 Å². The van der Waals surface area contributed by atoms with Crippen molar-refractivity contribution in [3.05, 3.63) is 59.2 Å². The van der Waals surface area contributed by atoms with E-state index in [1.54, 1.807) is 38.1 Å². The van der Waals surface area contributed by atoms with E-state index in [9.17, 15) is 30.0 Å². The van der Waals surface area contributed by atoms with Gasteiger partial charge in [0.05, 0.1) is 43.5 Å². The van der Waals surface area contributed by atoms with Crippen LogP contribution in [0.25, 0.3) is 0 Å². The predicted octanol–water partition coefficient (Wildman–Crippen LogP) is 3.22. The molecular formula is C39H60N2O9. The van der Waals surface area contributed by atoms with Gasteiger partial charge in [-0.2, -0.15) is 0 Å². The first kappa shape index (κ1) is 40.3. The van der Waals surface area contributed by atoms with Crippen LogP contribution >= 0.6 is 0 Å². The Bertz CT molecular complexity index is 1310. The Balaban J connectivity index is 1.70. The molecule has 0 aliphatic carbocycles. The van der Waals surface area contributed by atoms with Crippen LogP contribution in [0.4, 0.5) is 0 Å². The number of cyclic esters (lactones) is 1. The molecule has 0 aromatic heterocycles. The van der Waals surface area contributed by atoms with E-state index in [4.69, 9.17) is 14.2 Å². The standard InChI is InChI=1S/C39H60N2O9/c1-8-33-30(22-42)17-23(2)13-14-31(43)24(3)18-27(15-16-41-20-28-11-9-10-12-29(28)21-41)38(25(4)32(44)19-34(45)49-33)50-39-37(47)35(40(6)7)36(46)26(5)48-39/h9-14,17,24-27,30,32-33,35-39,42,44,46-47H,8,15-16,18-22H2,1-7H3/b14-13+,23-17+/t24-,25+,26-,27+,30?,32-,33-,35+,36-,37-,38-,39+/m1/s1. The van der Waals surface area contributed by atoms with Gasteiger partial charge in [0.1, 0.15) is 12.2 Å². The molecule has 3 aliphatic heterocycles. The quantitative estimate of drug-likeness (QED) is 0.296. The Labute approximate surface area is 297 Å². The molecule has 1 saturated heterocycles. The number of aliphatic hydroxyl groups excluding tert-OH is 4. The molecule has 4 rings (SSSR count). The lowest BCUT2D eigenvalue weighted by molar-refractivity contribution is -0.304. The number of ketones is 1. The third kappa shape index (κ3) is 10.1. The number of ether oxygens (including phenoxy) is 3. The molecule has 1 fully saturated rings. The van der Waals surface area contributed by atoms with E-state index in [1.165, 1.54) is 11.1 Å². The van der Waals surface area contributed by atoms with Crippen LogP contribution in [0.15, 0.2) is 48.1 Å². The van der Waals surface area contributed by atoms with Crippen molar-refractivity contribution in [3.63, 3.8) is 0 Å². The maximum absolute atomic E-state index is 13.6. The van der Waals surface area contributed by atoms with Crippen molar-refractivity contribution >= 4 is 11.8 Å². The number of fused-ring (bicyclic) bond motifs is 1. The lowest BCUT2D eigenvalue weighted by Crippen LogP contribution is -2.63. The fourth-order valence-corrected chi connectivity index (χ4v) is 7.77. The van der Waals surface area contributed by atoms with Gasteiger partial charge in [0.2, 0.25) is 0 Å². The molecule has 0 saturated carbocycles. The third-order valence-corrected chi connectivity index (χ3v) is 10.9. The monoisotopic (exact) mass is 700 g/mol. The molecule has 280 valence electrons. The lowest BCUT2D eigenvalue weighted by Gasteiger charge is -2.46. The minimum absolute atomic E-state index is 0.0623. The molecular weight excluding hydrogens is 640 g/mol. The summed E-state index contributed by atoms with van der Waals surface area (Å²) in [7, 11) is 3.55. The van der Waals surface area contributed by atoms with Gasteiger partial charge >= 0.3 is 5.97 Å². The highest BCUT2D eigenvalue weighted by Crippen LogP contribution is 2.35. The number of esters is 1. The smallest absolute Gasteiger partial charge is 0.308 e. The summed E-state index contributed by atoms with van der Waals surface area (Å²) in [6.45, 7) is 11.2. The number of hydrogen-bond acceptors (Lipinski definition) is 11. The molecule has 0 radical (unpaired) electrons. The first-order chi connectivity index (χ1) is 23.7. The molecule has 50 heavy (non-hydrogen) atoms. The predicted molar refractivity (Wildman–Crippen MR) is 190 cm³/mol. The second kappa shape index (κ2) is 18.3. The van der Waals surface area contributed by atoms with Crippen molar-refractivity contribution in [1.29, 1.82) is 0 Å². The van der Waals surface area contributed by atoms with Crippen LogP contribution in [0.5, 0.6) is 0 Å². The first-order valence-electron chi connectivity index (χ1n) is 18.2. The highest BCUT2D eigenvalue weighted by molar-refractivity contribution is 5.91. The zero-order valence-electron chi connectivity index (χ0n) is 30.9. The van der Waals surface area contributed by atoms with E-state index < -0.39 is 72.7 Å². The average molecular weight is 701 g/mol. The van der Waals surface area contributed by atoms with E-state index >= 15 is 0 Å². The first-order valence-corrected chi connectivity index (χ1v) is 18.2. The molecule has 1 aromatic carbocycles. The number of allylic oxidation sites excluding steroid dienone is 3. The van der Waals surface area contributed by atoms with Crippen LogP contribution in [-0.2, 0) is 36.9 Å². The van der Waals surface area contributed by atoms with Crippen LogP contribution in [0.3, 0.4) is 0 Å². The number of nitrogens with zero attached hydrogens (tertiary/aromatic N) is 2. The van der Waals surface area contributed by atoms with Crippen LogP contribution in [-0.4, -0.2) is 118 Å². The second-order valence-corrected chi connectivity index (χ2v) is 15.0. The Morgan fingerprint density at radius 1 is 1.00 bits per heavy atom. The van der Waals surface area contributed by atoms with Gasteiger partial charge in [-0.1, -0.05) is 62.8 Å². The molecule has 0 amide bonds. The van der Waals surface area contributed by atoms with Gasteiger partial charge in [0.15, 0.2) is 12.1 Å². The third-order valence-electron chi connectivity index (χ3n) is 10.9. The minimum Gasteiger partial charge on any atom is -0.462 e. The fraction of sp³-hybridized carbons (Fsp3) is 0.692. The molecule has 3 heterocycles. The molecule has 0 spiro atoms. The van der Waals surface area contributed by atoms with Crippen molar-refractivity contribution in [3.8, 4) is 0 Å². The highest BCUT2D eigenvalue weighted by atomic mass is 16.7. The van der Waals surface area contributed by atoms with Crippen LogP contribution < -0.4 is 0 Å². The minimum atomic E-state index is -1.21. The Hall–Kier alpha value is -2.48. The van der Waals surface area contributed by atoms with Crippen molar-refractivity contribution in [2.45, 2.75) is 122 Å². The summed E-state index contributed by atoms with van der Waals surface area (Å²) >= 11 is 0. The van der Waals surface area contributed by atoms with Gasteiger partial charge in [0.25, 0.3) is 0 Å². The molecule has 1 unspecified atom stereocenters. The number of carbonyl (C=O) groups excluding carboxylic acids is 2. The summed E-state index contributed by atoms with van der Waals surface area (Å²) in [5.41, 5.74) is 3.33. The normalized spacial score (nSPS) is 38.4. The highest BCUT2D eigenvalue weighted by Gasteiger charge is 2.47. The van der Waals surface area contributed by atoms with Gasteiger partial charge in [-0.15, -0.1) is 0 Å². The fourth-order valence-electron chi connectivity index (χ4n) is 7.77. The molecule has 1 aromatic rings. The Morgan fingerprint density at radius 2 is 1.66 bits per heavy atom. The number of aliphatic hydroxyl groups is 4. The zero-order chi connectivity index (χ0) is 36.7. The van der Waals surface area contributed by atoms with Crippen LogP contribution in [0.2, 0.25) is 0 Å². The summed E-state index contributed by atoms with van der Waals surface area (Å²) in [6, 6.07) is 7.69. The molecule has 4 N–H and O–H groups in total. The molecule has 11 heteroatoms. The van der Waals surface area contributed by atoms with E-state index in [-0.39, 0.29) is 24.7 Å². The zero-order valence-corrected chi connectivity index (χ0v) is 30.9. The maximum atomic E-state index is 13.6. The Morgan fingerprint density at radius 3 is 2.26 bits per heavy atom. The van der Waals surface area contributed by atoms with Gasteiger partial charge in [0, 0.05) is 30.8 Å². The van der Waals surface area contributed by atoms with Gasteiger partial charge < -0.3 is 39.5 Å². The summed E-state index contributed by atoms with van der Waals surface area (Å²) in [5, 5.41) is 44.1. The molecule has 3 aliphatic rings. The summed E-state index contributed by atoms with van der Waals surface area (Å²) in [6.07, 6.45) is -0.186. The SMILES string of the molecule is CC[C@H]1OC(=O)C[C@@H](O)[C@H](C)[C@@H](O[C@@H]2O[C@H](C)[C@@H](O)[C@H](N(C)C)[C@H]2O)[C@@H](CCN2Cc3ccccc3C2)C[C@@H](C)C(=O)/C=C/C(C)=C/C1CO. The summed E-state index contributed by atoms with van der Waals surface area (Å²) in [4.78, 5) is 31.0. The Kier molecular flexibility index (Phi) is 14.8. The number of rotatable bonds is 8. The van der Waals surface area contributed by atoms with Gasteiger partial charge in [-0.05, 0) is 76.9 Å². The van der Waals surface area contributed by atoms with Crippen LogP contribution in [0.1, 0.15) is 71.4 Å². The van der Waals surface area contributed by atoms with E-state index in [1.807, 2.05) is 45.9 Å². The summed E-state index contributed by atoms with van der Waals surface area (Å²) in [5.74, 6) is -2.46. The van der Waals surface area contributed by atoms with E-state index in [0.29, 0.717) is 25.8 Å². The van der Waals surface area contributed by atoms with E-state index in [2.05, 4.69) is 17.0 Å². The lowest BCUT2D eigenvalue weighted by atomic mass is 9.79. The molecule has 0 bridgehead atoms. The number of benzene rings is 1. The summed E-state index contributed by atoms with van der Waals surface area (Å²) < 4.78 is 18.6. The van der Waals surface area contributed by atoms with Crippen molar-refractivity contribution in [2.75, 3.05) is 27.2 Å². The van der Waals surface area contributed by atoms with Crippen molar-refractivity contribution in [1.82, 2.24) is 9.80 Å². The number of carbonyl (C=O) groups is 2. The number of hydrogen-bond donors (Lipinski definition) is 4. The largest absolute Gasteiger partial charge is 0.462 e.